The molecule has 0 aromatic heterocycles. The van der Waals surface area contributed by atoms with Crippen molar-refractivity contribution in [3.63, 3.8) is 0 Å². The Hall–Kier alpha value is -0.870. The Bertz CT molecular complexity index is 549. The van der Waals surface area contributed by atoms with Crippen LogP contribution >= 0.6 is 0 Å². The molecule has 0 aliphatic heterocycles. The number of hydrogen-bond donors (Lipinski definition) is 1. The van der Waals surface area contributed by atoms with Crippen molar-refractivity contribution in [1.82, 2.24) is 4.72 Å². The lowest BCUT2D eigenvalue weighted by molar-refractivity contribution is 0.310. The van der Waals surface area contributed by atoms with Crippen molar-refractivity contribution in [3.8, 4) is 0 Å². The Morgan fingerprint density at radius 2 is 1.76 bits per heavy atom. The number of hydrogen-bond acceptors (Lipinski definition) is 2. The maximum atomic E-state index is 12.5. The molecule has 1 aromatic rings. The van der Waals surface area contributed by atoms with Crippen LogP contribution < -0.4 is 4.72 Å². The zero-order valence-electron chi connectivity index (χ0n) is 13.3. The Kier molecular flexibility index (Phi) is 5.44. The van der Waals surface area contributed by atoms with Gasteiger partial charge in [-0.1, -0.05) is 45.7 Å². The first-order valence-corrected chi connectivity index (χ1v) is 9.48. The quantitative estimate of drug-likeness (QED) is 0.900. The van der Waals surface area contributed by atoms with Gasteiger partial charge in [0.15, 0.2) is 0 Å². The molecule has 118 valence electrons. The summed E-state index contributed by atoms with van der Waals surface area (Å²) in [5.74, 6) is 1.00. The SMILES string of the molecule is CC(C)Cc1ccc(S(=O)(=O)N[C@@H]2CCCC[C@H]2C)cc1. The van der Waals surface area contributed by atoms with Gasteiger partial charge < -0.3 is 0 Å². The van der Waals surface area contributed by atoms with E-state index >= 15 is 0 Å². The van der Waals surface area contributed by atoms with Gasteiger partial charge in [-0.2, -0.15) is 0 Å². The number of benzene rings is 1. The Balaban J connectivity index is 2.08. The highest BCUT2D eigenvalue weighted by molar-refractivity contribution is 7.89. The Morgan fingerprint density at radius 1 is 1.14 bits per heavy atom. The molecule has 0 unspecified atom stereocenters. The summed E-state index contributed by atoms with van der Waals surface area (Å²) < 4.78 is 27.8. The average molecular weight is 309 g/mol. The first-order valence-electron chi connectivity index (χ1n) is 8.00. The molecular formula is C17H27NO2S. The normalized spacial score (nSPS) is 23.4. The highest BCUT2D eigenvalue weighted by Gasteiger charge is 2.26. The highest BCUT2D eigenvalue weighted by atomic mass is 32.2. The molecule has 0 amide bonds. The van der Waals surface area contributed by atoms with Crippen LogP contribution in [0.3, 0.4) is 0 Å². The van der Waals surface area contributed by atoms with Gasteiger partial charge in [-0.3, -0.25) is 0 Å². The molecule has 0 radical (unpaired) electrons. The molecule has 2 rings (SSSR count). The fourth-order valence-corrected chi connectivity index (χ4v) is 4.41. The molecule has 0 spiro atoms. The number of sulfonamides is 1. The second-order valence-electron chi connectivity index (χ2n) is 6.73. The van der Waals surface area contributed by atoms with E-state index in [1.807, 2.05) is 12.1 Å². The van der Waals surface area contributed by atoms with Gasteiger partial charge in [0, 0.05) is 6.04 Å². The fraction of sp³-hybridized carbons (Fsp3) is 0.647. The molecule has 0 saturated heterocycles. The van der Waals surface area contributed by atoms with E-state index < -0.39 is 10.0 Å². The lowest BCUT2D eigenvalue weighted by atomic mass is 9.87. The third-order valence-electron chi connectivity index (χ3n) is 4.30. The molecule has 2 atom stereocenters. The van der Waals surface area contributed by atoms with E-state index in [0.29, 0.717) is 16.7 Å². The van der Waals surface area contributed by atoms with Gasteiger partial charge in [-0.05, 0) is 48.8 Å². The van der Waals surface area contributed by atoms with E-state index in [4.69, 9.17) is 0 Å². The van der Waals surface area contributed by atoms with Gasteiger partial charge in [-0.15, -0.1) is 0 Å². The minimum absolute atomic E-state index is 0.0825. The molecule has 0 bridgehead atoms. The van der Waals surface area contributed by atoms with Crippen LogP contribution in [-0.2, 0) is 16.4 Å². The summed E-state index contributed by atoms with van der Waals surface area (Å²) in [7, 11) is -3.39. The zero-order valence-corrected chi connectivity index (χ0v) is 14.1. The van der Waals surface area contributed by atoms with Crippen molar-refractivity contribution in [1.29, 1.82) is 0 Å². The molecule has 1 N–H and O–H groups in total. The third kappa shape index (κ3) is 4.55. The van der Waals surface area contributed by atoms with E-state index in [1.54, 1.807) is 12.1 Å². The van der Waals surface area contributed by atoms with E-state index in [2.05, 4.69) is 25.5 Å². The molecular weight excluding hydrogens is 282 g/mol. The molecule has 21 heavy (non-hydrogen) atoms. The van der Waals surface area contributed by atoms with Gasteiger partial charge >= 0.3 is 0 Å². The van der Waals surface area contributed by atoms with Crippen LogP contribution in [0, 0.1) is 11.8 Å². The summed E-state index contributed by atoms with van der Waals surface area (Å²) >= 11 is 0. The largest absolute Gasteiger partial charge is 0.240 e. The molecule has 1 fully saturated rings. The summed E-state index contributed by atoms with van der Waals surface area (Å²) in [5, 5.41) is 0. The monoisotopic (exact) mass is 309 g/mol. The van der Waals surface area contributed by atoms with Crippen molar-refractivity contribution in [2.24, 2.45) is 11.8 Å². The lowest BCUT2D eigenvalue weighted by Crippen LogP contribution is -2.40. The topological polar surface area (TPSA) is 46.2 Å². The minimum Gasteiger partial charge on any atom is -0.208 e. The summed E-state index contributed by atoms with van der Waals surface area (Å²) in [5.41, 5.74) is 1.19. The first kappa shape index (κ1) is 16.5. The van der Waals surface area contributed by atoms with E-state index in [9.17, 15) is 8.42 Å². The lowest BCUT2D eigenvalue weighted by Gasteiger charge is -2.29. The van der Waals surface area contributed by atoms with Crippen molar-refractivity contribution >= 4 is 10.0 Å². The standard InChI is InChI=1S/C17H27NO2S/c1-13(2)12-15-8-10-16(11-9-15)21(19,20)18-17-7-5-4-6-14(17)3/h8-11,13-14,17-18H,4-7,12H2,1-3H3/t14-,17-/m1/s1. The zero-order chi connectivity index (χ0) is 15.5. The van der Waals surface area contributed by atoms with Crippen molar-refractivity contribution < 1.29 is 8.42 Å². The summed E-state index contributed by atoms with van der Waals surface area (Å²) in [6.45, 7) is 6.46. The Labute approximate surface area is 129 Å². The number of nitrogens with one attached hydrogen (secondary N) is 1. The van der Waals surface area contributed by atoms with Gasteiger partial charge in [0.1, 0.15) is 0 Å². The van der Waals surface area contributed by atoms with E-state index in [0.717, 1.165) is 25.7 Å². The van der Waals surface area contributed by atoms with Crippen molar-refractivity contribution in [2.45, 2.75) is 63.8 Å². The molecule has 1 aromatic carbocycles. The van der Waals surface area contributed by atoms with Crippen LogP contribution in [0.25, 0.3) is 0 Å². The van der Waals surface area contributed by atoms with Crippen LogP contribution in [0.2, 0.25) is 0 Å². The predicted molar refractivity (Wildman–Crippen MR) is 86.7 cm³/mol. The maximum absolute atomic E-state index is 12.5. The molecule has 1 aliphatic carbocycles. The highest BCUT2D eigenvalue weighted by Crippen LogP contribution is 2.25. The molecule has 1 saturated carbocycles. The van der Waals surface area contributed by atoms with Crippen molar-refractivity contribution in [2.75, 3.05) is 0 Å². The average Bonchev–Trinajstić information content (AvgIpc) is 2.41. The van der Waals surface area contributed by atoms with E-state index in [-0.39, 0.29) is 6.04 Å². The van der Waals surface area contributed by atoms with Crippen LogP contribution in [0.4, 0.5) is 0 Å². The fourth-order valence-electron chi connectivity index (χ4n) is 3.03. The van der Waals surface area contributed by atoms with Gasteiger partial charge in [-0.25, -0.2) is 13.1 Å². The Morgan fingerprint density at radius 3 is 2.33 bits per heavy atom. The number of rotatable bonds is 5. The van der Waals surface area contributed by atoms with Gasteiger partial charge in [0.25, 0.3) is 0 Å². The smallest absolute Gasteiger partial charge is 0.208 e. The van der Waals surface area contributed by atoms with Gasteiger partial charge in [0.05, 0.1) is 4.90 Å². The molecule has 0 heterocycles. The summed E-state index contributed by atoms with van der Waals surface area (Å²) in [4.78, 5) is 0.382. The molecule has 4 heteroatoms. The van der Waals surface area contributed by atoms with Crippen LogP contribution in [0.15, 0.2) is 29.2 Å². The van der Waals surface area contributed by atoms with E-state index in [1.165, 1.54) is 12.0 Å². The third-order valence-corrected chi connectivity index (χ3v) is 5.80. The van der Waals surface area contributed by atoms with Crippen molar-refractivity contribution in [3.05, 3.63) is 29.8 Å². The first-order chi connectivity index (χ1) is 9.88. The molecule has 3 nitrogen and oxygen atoms in total. The molecule has 1 aliphatic rings. The summed E-state index contributed by atoms with van der Waals surface area (Å²) in [6.07, 6.45) is 5.37. The maximum Gasteiger partial charge on any atom is 0.240 e. The van der Waals surface area contributed by atoms with Gasteiger partial charge in [0.2, 0.25) is 10.0 Å². The van der Waals surface area contributed by atoms with Crippen LogP contribution in [0.1, 0.15) is 52.0 Å². The predicted octanol–water partition coefficient (Wildman–Crippen LogP) is 3.74. The van der Waals surface area contributed by atoms with Crippen LogP contribution in [0.5, 0.6) is 0 Å². The second-order valence-corrected chi connectivity index (χ2v) is 8.45. The van der Waals surface area contributed by atoms with Crippen LogP contribution in [-0.4, -0.2) is 14.5 Å². The minimum atomic E-state index is -3.39. The summed E-state index contributed by atoms with van der Waals surface area (Å²) in [6, 6.07) is 7.40. The second kappa shape index (κ2) is 6.93.